The number of carbonyl (C=O) groups excluding carboxylic acids is 2. The lowest BCUT2D eigenvalue weighted by Crippen LogP contribution is -2.28. The summed E-state index contributed by atoms with van der Waals surface area (Å²) in [5.41, 5.74) is 0.285. The molecule has 0 N–H and O–H groups in total. The first kappa shape index (κ1) is 14.1. The van der Waals surface area contributed by atoms with Crippen LogP contribution in [0, 0.1) is 0 Å². The molecule has 2 aliphatic rings. The average Bonchev–Trinajstić information content (AvgIpc) is 3.21. The first-order chi connectivity index (χ1) is 10.7. The molecule has 22 heavy (non-hydrogen) atoms. The molecule has 0 aromatic heterocycles. The maximum atomic E-state index is 12.2. The first-order valence-electron chi connectivity index (χ1n) is 6.81. The Morgan fingerprint density at radius 3 is 1.68 bits per heavy atom. The SMILES string of the molecule is O=C(ON1C=NCC1)c1ccccc1C(=O)ON1C=NCC1. The summed E-state index contributed by atoms with van der Waals surface area (Å²) in [4.78, 5) is 42.6. The summed E-state index contributed by atoms with van der Waals surface area (Å²) in [5.74, 6) is -1.26. The summed E-state index contributed by atoms with van der Waals surface area (Å²) >= 11 is 0. The van der Waals surface area contributed by atoms with Gasteiger partial charge in [-0.15, -0.1) is 0 Å². The second-order valence-corrected chi connectivity index (χ2v) is 4.63. The third-order valence-electron chi connectivity index (χ3n) is 3.09. The minimum atomic E-state index is -0.629. The highest BCUT2D eigenvalue weighted by atomic mass is 16.7. The van der Waals surface area contributed by atoms with Crippen LogP contribution in [0.25, 0.3) is 0 Å². The predicted octanol–water partition coefficient (Wildman–Crippen LogP) is 0.518. The second-order valence-electron chi connectivity index (χ2n) is 4.63. The number of hydroxylamine groups is 4. The molecule has 0 unspecified atom stereocenters. The monoisotopic (exact) mass is 302 g/mol. The summed E-state index contributed by atoms with van der Waals surface area (Å²) < 4.78 is 0. The zero-order valence-corrected chi connectivity index (χ0v) is 11.7. The molecule has 0 amide bonds. The van der Waals surface area contributed by atoms with E-state index in [9.17, 15) is 9.59 Å². The normalized spacial score (nSPS) is 16.2. The minimum Gasteiger partial charge on any atom is -0.334 e. The van der Waals surface area contributed by atoms with Gasteiger partial charge >= 0.3 is 11.9 Å². The molecule has 3 rings (SSSR count). The highest BCUT2D eigenvalue weighted by Crippen LogP contribution is 2.14. The van der Waals surface area contributed by atoms with E-state index in [0.29, 0.717) is 26.2 Å². The van der Waals surface area contributed by atoms with Crippen molar-refractivity contribution in [1.82, 2.24) is 10.1 Å². The van der Waals surface area contributed by atoms with Crippen molar-refractivity contribution in [2.45, 2.75) is 0 Å². The summed E-state index contributed by atoms with van der Waals surface area (Å²) in [7, 11) is 0. The van der Waals surface area contributed by atoms with Crippen LogP contribution in [-0.4, -0.2) is 60.9 Å². The third kappa shape index (κ3) is 3.05. The largest absolute Gasteiger partial charge is 0.364 e. The van der Waals surface area contributed by atoms with Gasteiger partial charge in [-0.3, -0.25) is 9.98 Å². The molecular weight excluding hydrogens is 288 g/mol. The van der Waals surface area contributed by atoms with E-state index in [0.717, 1.165) is 0 Å². The minimum absolute atomic E-state index is 0.143. The average molecular weight is 302 g/mol. The van der Waals surface area contributed by atoms with Gasteiger partial charge in [-0.25, -0.2) is 9.59 Å². The lowest BCUT2D eigenvalue weighted by molar-refractivity contribution is -0.0494. The Bertz CT molecular complexity index is 588. The van der Waals surface area contributed by atoms with E-state index in [4.69, 9.17) is 9.68 Å². The molecule has 8 heteroatoms. The molecule has 0 bridgehead atoms. The molecule has 0 fully saturated rings. The van der Waals surface area contributed by atoms with Gasteiger partial charge in [0.2, 0.25) is 0 Å². The Labute approximate surface area is 126 Å². The van der Waals surface area contributed by atoms with Crippen LogP contribution in [0.3, 0.4) is 0 Å². The molecule has 114 valence electrons. The standard InChI is InChI=1S/C14H14N4O4/c19-13(21-17-7-5-15-9-17)11-3-1-2-4-12(11)14(20)22-18-8-6-16-10-18/h1-4,9-10H,5-8H2. The van der Waals surface area contributed by atoms with E-state index in [2.05, 4.69) is 9.98 Å². The van der Waals surface area contributed by atoms with Crippen molar-refractivity contribution in [3.05, 3.63) is 35.4 Å². The van der Waals surface area contributed by atoms with Crippen molar-refractivity contribution < 1.29 is 19.3 Å². The second kappa shape index (κ2) is 6.25. The molecule has 0 saturated carbocycles. The van der Waals surface area contributed by atoms with Crippen molar-refractivity contribution in [2.75, 3.05) is 26.2 Å². The van der Waals surface area contributed by atoms with Gasteiger partial charge in [0.15, 0.2) is 0 Å². The Morgan fingerprint density at radius 1 is 0.864 bits per heavy atom. The molecule has 0 saturated heterocycles. The molecule has 0 aliphatic carbocycles. The van der Waals surface area contributed by atoms with Crippen LogP contribution in [0.5, 0.6) is 0 Å². The Balaban J connectivity index is 1.73. The van der Waals surface area contributed by atoms with Crippen LogP contribution in [0.2, 0.25) is 0 Å². The number of rotatable bonds is 4. The first-order valence-corrected chi connectivity index (χ1v) is 6.81. The maximum absolute atomic E-state index is 12.2. The molecular formula is C14H14N4O4. The van der Waals surface area contributed by atoms with Crippen molar-refractivity contribution in [3.63, 3.8) is 0 Å². The Morgan fingerprint density at radius 2 is 1.32 bits per heavy atom. The van der Waals surface area contributed by atoms with Gasteiger partial charge in [-0.05, 0) is 12.1 Å². The number of benzene rings is 1. The fraction of sp³-hybridized carbons (Fsp3) is 0.286. The van der Waals surface area contributed by atoms with Crippen LogP contribution in [0.1, 0.15) is 20.7 Å². The van der Waals surface area contributed by atoms with Crippen LogP contribution in [-0.2, 0) is 9.68 Å². The Kier molecular flexibility index (Phi) is 3.99. The number of aliphatic imine (C=N–C) groups is 2. The lowest BCUT2D eigenvalue weighted by atomic mass is 10.1. The maximum Gasteiger partial charge on any atom is 0.364 e. The summed E-state index contributed by atoms with van der Waals surface area (Å²) in [6.45, 7) is 2.15. The van der Waals surface area contributed by atoms with Gasteiger partial charge in [0, 0.05) is 0 Å². The smallest absolute Gasteiger partial charge is 0.334 e. The van der Waals surface area contributed by atoms with Gasteiger partial charge in [-0.2, -0.15) is 10.1 Å². The summed E-state index contributed by atoms with van der Waals surface area (Å²) in [6, 6.07) is 6.35. The lowest BCUT2D eigenvalue weighted by Gasteiger charge is -2.16. The van der Waals surface area contributed by atoms with Crippen LogP contribution in [0.4, 0.5) is 0 Å². The highest BCUT2D eigenvalue weighted by molar-refractivity contribution is 6.03. The predicted molar refractivity (Wildman–Crippen MR) is 77.4 cm³/mol. The van der Waals surface area contributed by atoms with Crippen LogP contribution in [0.15, 0.2) is 34.3 Å². The van der Waals surface area contributed by atoms with Gasteiger partial charge < -0.3 is 9.68 Å². The van der Waals surface area contributed by atoms with Crippen molar-refractivity contribution in [1.29, 1.82) is 0 Å². The quantitative estimate of drug-likeness (QED) is 0.806. The van der Waals surface area contributed by atoms with Crippen LogP contribution < -0.4 is 0 Å². The van der Waals surface area contributed by atoms with Crippen LogP contribution >= 0.6 is 0 Å². The van der Waals surface area contributed by atoms with E-state index in [-0.39, 0.29) is 11.1 Å². The number of hydrogen-bond donors (Lipinski definition) is 0. The number of hydrogen-bond acceptors (Lipinski definition) is 8. The third-order valence-corrected chi connectivity index (χ3v) is 3.09. The fourth-order valence-corrected chi connectivity index (χ4v) is 2.01. The molecule has 1 aromatic rings. The van der Waals surface area contributed by atoms with Crippen molar-refractivity contribution >= 4 is 24.6 Å². The Hall–Kier alpha value is -2.90. The van der Waals surface area contributed by atoms with E-state index in [1.54, 1.807) is 12.1 Å². The zero-order valence-electron chi connectivity index (χ0n) is 11.7. The zero-order chi connectivity index (χ0) is 15.4. The van der Waals surface area contributed by atoms with Gasteiger partial charge in [0.05, 0.1) is 37.3 Å². The number of carbonyl (C=O) groups is 2. The van der Waals surface area contributed by atoms with E-state index >= 15 is 0 Å². The van der Waals surface area contributed by atoms with E-state index in [1.807, 2.05) is 0 Å². The summed E-state index contributed by atoms with van der Waals surface area (Å²) in [5, 5.41) is 2.66. The van der Waals surface area contributed by atoms with Gasteiger partial charge in [0.25, 0.3) is 0 Å². The van der Waals surface area contributed by atoms with Crippen molar-refractivity contribution in [2.24, 2.45) is 9.98 Å². The topological polar surface area (TPSA) is 83.8 Å². The fourth-order valence-electron chi connectivity index (χ4n) is 2.01. The molecule has 0 spiro atoms. The molecule has 1 aromatic carbocycles. The van der Waals surface area contributed by atoms with E-state index in [1.165, 1.54) is 34.9 Å². The summed E-state index contributed by atoms with van der Waals surface area (Å²) in [6.07, 6.45) is 2.89. The van der Waals surface area contributed by atoms with Gasteiger partial charge in [0.1, 0.15) is 12.7 Å². The van der Waals surface area contributed by atoms with E-state index < -0.39 is 11.9 Å². The molecule has 2 heterocycles. The molecule has 0 atom stereocenters. The van der Waals surface area contributed by atoms with Crippen molar-refractivity contribution in [3.8, 4) is 0 Å². The molecule has 8 nitrogen and oxygen atoms in total. The van der Waals surface area contributed by atoms with Gasteiger partial charge in [-0.1, -0.05) is 12.1 Å². The molecule has 0 radical (unpaired) electrons. The number of nitrogens with zero attached hydrogens (tertiary/aromatic N) is 4. The highest BCUT2D eigenvalue weighted by Gasteiger charge is 2.23. The molecule has 2 aliphatic heterocycles.